The Balaban J connectivity index is 4.00. The quantitative estimate of drug-likeness (QED) is 0.200. The van der Waals surface area contributed by atoms with Gasteiger partial charge in [0, 0.05) is 22.7 Å². The van der Waals surface area contributed by atoms with Gasteiger partial charge < -0.3 is 4.74 Å². The van der Waals surface area contributed by atoms with Crippen molar-refractivity contribution >= 4 is 44.7 Å². The van der Waals surface area contributed by atoms with Crippen molar-refractivity contribution in [3.05, 3.63) is 0 Å². The molecule has 0 aromatic carbocycles. The Morgan fingerprint density at radius 2 is 1.11 bits per heavy atom. The smallest absolute Gasteiger partial charge is 0.233 e. The molecule has 160 valence electrons. The molecule has 0 radical (unpaired) electrons. The van der Waals surface area contributed by atoms with Gasteiger partial charge in [-0.15, -0.1) is 0 Å². The van der Waals surface area contributed by atoms with E-state index in [0.717, 1.165) is 0 Å². The van der Waals surface area contributed by atoms with Crippen LogP contribution in [0.1, 0.15) is 54.4 Å². The van der Waals surface area contributed by atoms with E-state index in [4.69, 9.17) is 14.4 Å². The maximum Gasteiger partial charge on any atom is 0.233 e. The fraction of sp³-hybridized carbons (Fsp3) is 0.889. The zero-order valence-electron chi connectivity index (χ0n) is 17.2. The molecule has 2 unspecified atom stereocenters. The number of hydroxylamine groups is 4. The largest absolute Gasteiger partial charge is 0.379 e. The first-order valence-electron chi connectivity index (χ1n) is 9.04. The number of nitrogens with zero attached hydrogens (tertiary/aromatic N) is 2. The van der Waals surface area contributed by atoms with Gasteiger partial charge in [0.2, 0.25) is 12.8 Å². The van der Waals surface area contributed by atoms with Crippen LogP contribution in [0.25, 0.3) is 0 Å². The van der Waals surface area contributed by atoms with E-state index in [0.29, 0.717) is 52.0 Å². The van der Waals surface area contributed by atoms with Gasteiger partial charge in [0.1, 0.15) is 0 Å². The molecule has 0 fully saturated rings. The van der Waals surface area contributed by atoms with Gasteiger partial charge in [0.05, 0.1) is 24.4 Å². The molecule has 0 aromatic heterocycles. The first-order valence-corrected chi connectivity index (χ1v) is 10.9. The summed E-state index contributed by atoms with van der Waals surface area (Å²) in [5.41, 5.74) is -0.816. The molecule has 9 heteroatoms. The Hall–Kier alpha value is -0.220. The highest BCUT2D eigenvalue weighted by molar-refractivity contribution is 9.09. The lowest BCUT2D eigenvalue weighted by atomic mass is 10.2. The van der Waals surface area contributed by atoms with Crippen molar-refractivity contribution in [1.82, 2.24) is 10.1 Å². The molecular weight excluding hydrogens is 484 g/mol. The predicted molar refractivity (Wildman–Crippen MR) is 113 cm³/mol. The third-order valence-corrected chi connectivity index (χ3v) is 4.38. The zero-order valence-corrected chi connectivity index (χ0v) is 20.4. The van der Waals surface area contributed by atoms with Crippen LogP contribution in [-0.2, 0) is 24.0 Å². The number of amides is 2. The SMILES string of the molecule is CC(C)(C)ON(C=O)CCC(Br)COCC(Br)CCN(C=O)OC(C)(C)C. The predicted octanol–water partition coefficient (Wildman–Crippen LogP) is 3.69. The van der Waals surface area contributed by atoms with Gasteiger partial charge in [-0.05, 0) is 54.4 Å². The molecule has 0 aromatic rings. The van der Waals surface area contributed by atoms with E-state index in [9.17, 15) is 9.59 Å². The minimum absolute atomic E-state index is 0.110. The Kier molecular flexibility index (Phi) is 13.0. The number of carbonyl (C=O) groups is 2. The highest BCUT2D eigenvalue weighted by Crippen LogP contribution is 2.14. The third-order valence-electron chi connectivity index (χ3n) is 2.94. The van der Waals surface area contributed by atoms with Crippen LogP contribution in [0.4, 0.5) is 0 Å². The Morgan fingerprint density at radius 3 is 1.37 bits per heavy atom. The summed E-state index contributed by atoms with van der Waals surface area (Å²) in [5, 5.41) is 2.62. The molecule has 2 amide bonds. The average molecular weight is 518 g/mol. The van der Waals surface area contributed by atoms with Crippen molar-refractivity contribution < 1.29 is 24.0 Å². The summed E-state index contributed by atoms with van der Waals surface area (Å²) in [7, 11) is 0. The molecule has 27 heavy (non-hydrogen) atoms. The lowest BCUT2D eigenvalue weighted by molar-refractivity contribution is -0.216. The summed E-state index contributed by atoms with van der Waals surface area (Å²) in [6.45, 7) is 13.4. The first-order chi connectivity index (χ1) is 12.4. The Morgan fingerprint density at radius 1 is 0.778 bits per heavy atom. The second-order valence-electron chi connectivity index (χ2n) is 8.21. The van der Waals surface area contributed by atoms with Crippen LogP contribution < -0.4 is 0 Å². The fourth-order valence-electron chi connectivity index (χ4n) is 1.97. The van der Waals surface area contributed by atoms with Gasteiger partial charge in [-0.3, -0.25) is 19.3 Å². The van der Waals surface area contributed by atoms with Gasteiger partial charge in [-0.1, -0.05) is 31.9 Å². The van der Waals surface area contributed by atoms with Crippen LogP contribution >= 0.6 is 31.9 Å². The molecule has 0 rings (SSSR count). The van der Waals surface area contributed by atoms with Gasteiger partial charge >= 0.3 is 0 Å². The fourth-order valence-corrected chi connectivity index (χ4v) is 2.75. The van der Waals surface area contributed by atoms with Crippen molar-refractivity contribution in [3.8, 4) is 0 Å². The number of hydrogen-bond acceptors (Lipinski definition) is 5. The molecule has 0 aliphatic rings. The molecule has 7 nitrogen and oxygen atoms in total. The van der Waals surface area contributed by atoms with E-state index in [1.54, 1.807) is 0 Å². The van der Waals surface area contributed by atoms with E-state index in [2.05, 4.69) is 31.9 Å². The summed E-state index contributed by atoms with van der Waals surface area (Å²) >= 11 is 7.12. The minimum atomic E-state index is -0.408. The van der Waals surface area contributed by atoms with Crippen LogP contribution in [0.2, 0.25) is 0 Å². The molecule has 0 aliphatic heterocycles. The molecule has 0 spiro atoms. The molecule has 0 heterocycles. The average Bonchev–Trinajstić information content (AvgIpc) is 2.53. The molecule has 2 atom stereocenters. The molecule has 0 N–H and O–H groups in total. The number of rotatable bonds is 14. The van der Waals surface area contributed by atoms with E-state index in [-0.39, 0.29) is 9.65 Å². The summed E-state index contributed by atoms with van der Waals surface area (Å²) in [4.78, 5) is 33.4. The number of halogens is 2. The summed E-state index contributed by atoms with van der Waals surface area (Å²) in [5.74, 6) is 0. The number of hydrogen-bond donors (Lipinski definition) is 0. The van der Waals surface area contributed by atoms with Gasteiger partial charge in [-0.2, -0.15) is 0 Å². The van der Waals surface area contributed by atoms with Crippen LogP contribution in [0, 0.1) is 0 Å². The van der Waals surface area contributed by atoms with Crippen LogP contribution in [0.5, 0.6) is 0 Å². The summed E-state index contributed by atoms with van der Waals surface area (Å²) < 4.78 is 5.70. The van der Waals surface area contributed by atoms with Crippen molar-refractivity contribution in [1.29, 1.82) is 0 Å². The highest BCUT2D eigenvalue weighted by Gasteiger charge is 2.18. The lowest BCUT2D eigenvalue weighted by Gasteiger charge is -2.27. The number of alkyl halides is 2. The Bertz CT molecular complexity index is 389. The van der Waals surface area contributed by atoms with Crippen LogP contribution in [-0.4, -0.2) is 70.1 Å². The summed E-state index contributed by atoms with van der Waals surface area (Å²) in [6, 6.07) is 0. The van der Waals surface area contributed by atoms with Gasteiger partial charge in [0.15, 0.2) is 0 Å². The highest BCUT2D eigenvalue weighted by atomic mass is 79.9. The second kappa shape index (κ2) is 13.1. The van der Waals surface area contributed by atoms with E-state index < -0.39 is 11.2 Å². The van der Waals surface area contributed by atoms with Crippen molar-refractivity contribution in [2.24, 2.45) is 0 Å². The maximum absolute atomic E-state index is 11.0. The van der Waals surface area contributed by atoms with Crippen molar-refractivity contribution in [2.75, 3.05) is 26.3 Å². The first kappa shape index (κ1) is 26.8. The topological polar surface area (TPSA) is 68.3 Å². The standard InChI is InChI=1S/C18H34Br2N2O5/c1-17(2,3)26-21(13-23)9-7-15(19)11-25-12-16(20)8-10-22(14-24)27-18(4,5)6/h13-16H,7-12H2,1-6H3. The maximum atomic E-state index is 11.0. The van der Waals surface area contributed by atoms with Crippen LogP contribution in [0.15, 0.2) is 0 Å². The van der Waals surface area contributed by atoms with Crippen LogP contribution in [0.3, 0.4) is 0 Å². The van der Waals surface area contributed by atoms with Crippen molar-refractivity contribution in [3.63, 3.8) is 0 Å². The van der Waals surface area contributed by atoms with E-state index >= 15 is 0 Å². The van der Waals surface area contributed by atoms with Crippen molar-refractivity contribution in [2.45, 2.75) is 75.2 Å². The third kappa shape index (κ3) is 16.4. The monoisotopic (exact) mass is 516 g/mol. The number of ether oxygens (including phenoxy) is 1. The molecule has 0 bridgehead atoms. The van der Waals surface area contributed by atoms with E-state index in [1.165, 1.54) is 10.1 Å². The minimum Gasteiger partial charge on any atom is -0.379 e. The van der Waals surface area contributed by atoms with Gasteiger partial charge in [-0.25, -0.2) is 10.1 Å². The Labute approximate surface area is 180 Å². The normalized spacial score (nSPS) is 14.5. The summed E-state index contributed by atoms with van der Waals surface area (Å²) in [6.07, 6.45) is 2.80. The second-order valence-corrected chi connectivity index (χ2v) is 10.8. The zero-order chi connectivity index (χ0) is 21.1. The number of carbonyl (C=O) groups excluding carboxylic acids is 2. The van der Waals surface area contributed by atoms with E-state index in [1.807, 2.05) is 41.5 Å². The lowest BCUT2D eigenvalue weighted by Crippen LogP contribution is -2.35. The van der Waals surface area contributed by atoms with Gasteiger partial charge in [0.25, 0.3) is 0 Å². The molecule has 0 saturated carbocycles. The molecule has 0 aliphatic carbocycles. The molecule has 0 saturated heterocycles. The molecular formula is C18H34Br2N2O5.